The van der Waals surface area contributed by atoms with Crippen LogP contribution in [0.5, 0.6) is 0 Å². The molecule has 15 heavy (non-hydrogen) atoms. The molecule has 1 atom stereocenters. The van der Waals surface area contributed by atoms with Gasteiger partial charge in [0.05, 0.1) is 5.92 Å². The fourth-order valence-electron chi connectivity index (χ4n) is 1.61. The number of carboxylic acids is 1. The van der Waals surface area contributed by atoms with E-state index in [9.17, 15) is 4.79 Å². The highest BCUT2D eigenvalue weighted by Crippen LogP contribution is 2.16. The maximum Gasteiger partial charge on any atom is 0.306 e. The van der Waals surface area contributed by atoms with E-state index in [2.05, 4.69) is 26.0 Å². The standard InChI is InChI=1S/C13H24O2/c1-3-5-7-8-9-11-12(13(14)15)10-6-4-2/h5,7,12H,3-4,6,8-11H2,1-2H3,(H,14,15)/b7-5+. The SMILES string of the molecule is CC/C=C/CCCC(CCCC)C(=O)O. The zero-order valence-electron chi connectivity index (χ0n) is 10.0. The molecule has 0 heterocycles. The Morgan fingerprint density at radius 2 is 1.87 bits per heavy atom. The first-order chi connectivity index (χ1) is 7.22. The van der Waals surface area contributed by atoms with Gasteiger partial charge in [-0.25, -0.2) is 0 Å². The van der Waals surface area contributed by atoms with E-state index in [0.717, 1.165) is 44.9 Å². The van der Waals surface area contributed by atoms with E-state index in [1.807, 2.05) is 0 Å². The monoisotopic (exact) mass is 212 g/mol. The van der Waals surface area contributed by atoms with E-state index in [1.165, 1.54) is 0 Å². The normalized spacial score (nSPS) is 13.2. The van der Waals surface area contributed by atoms with E-state index in [1.54, 1.807) is 0 Å². The third-order valence-electron chi connectivity index (χ3n) is 2.58. The van der Waals surface area contributed by atoms with E-state index in [4.69, 9.17) is 5.11 Å². The van der Waals surface area contributed by atoms with Crippen molar-refractivity contribution in [2.24, 2.45) is 5.92 Å². The summed E-state index contributed by atoms with van der Waals surface area (Å²) in [6, 6.07) is 0. The highest BCUT2D eigenvalue weighted by Gasteiger charge is 2.15. The number of unbranched alkanes of at least 4 members (excludes halogenated alkanes) is 2. The van der Waals surface area contributed by atoms with Crippen molar-refractivity contribution in [3.8, 4) is 0 Å². The predicted octanol–water partition coefficient (Wildman–Crippen LogP) is 4.01. The lowest BCUT2D eigenvalue weighted by molar-refractivity contribution is -0.142. The molecule has 2 heteroatoms. The number of carboxylic acid groups (broad SMARTS) is 1. The summed E-state index contributed by atoms with van der Waals surface area (Å²) in [5.41, 5.74) is 0. The van der Waals surface area contributed by atoms with Crippen molar-refractivity contribution in [1.82, 2.24) is 0 Å². The Kier molecular flexibility index (Phi) is 9.24. The molecule has 0 fully saturated rings. The molecule has 0 aliphatic heterocycles. The summed E-state index contributed by atoms with van der Waals surface area (Å²) in [4.78, 5) is 10.9. The fraction of sp³-hybridized carbons (Fsp3) is 0.769. The summed E-state index contributed by atoms with van der Waals surface area (Å²) >= 11 is 0. The maximum absolute atomic E-state index is 10.9. The molecule has 0 saturated carbocycles. The molecule has 0 spiro atoms. The first-order valence-electron chi connectivity index (χ1n) is 6.10. The molecule has 0 aromatic heterocycles. The average Bonchev–Trinajstić information content (AvgIpc) is 2.21. The molecule has 0 aromatic carbocycles. The lowest BCUT2D eigenvalue weighted by Crippen LogP contribution is -2.13. The summed E-state index contributed by atoms with van der Waals surface area (Å²) < 4.78 is 0. The van der Waals surface area contributed by atoms with Crippen LogP contribution in [0.4, 0.5) is 0 Å². The molecule has 0 amide bonds. The van der Waals surface area contributed by atoms with Gasteiger partial charge in [-0.3, -0.25) is 4.79 Å². The third-order valence-corrected chi connectivity index (χ3v) is 2.58. The second-order valence-electron chi connectivity index (χ2n) is 3.99. The molecule has 0 radical (unpaired) electrons. The van der Waals surface area contributed by atoms with Gasteiger partial charge in [0, 0.05) is 0 Å². The van der Waals surface area contributed by atoms with Gasteiger partial charge in [0.2, 0.25) is 0 Å². The van der Waals surface area contributed by atoms with Crippen LogP contribution in [0.15, 0.2) is 12.2 Å². The van der Waals surface area contributed by atoms with Crippen LogP contribution in [-0.2, 0) is 4.79 Å². The average molecular weight is 212 g/mol. The number of carbonyl (C=O) groups is 1. The van der Waals surface area contributed by atoms with Crippen molar-refractivity contribution in [3.05, 3.63) is 12.2 Å². The third kappa shape index (κ3) is 8.22. The second-order valence-corrected chi connectivity index (χ2v) is 3.99. The molecule has 0 aromatic rings. The van der Waals surface area contributed by atoms with Crippen LogP contribution in [0.25, 0.3) is 0 Å². The Balaban J connectivity index is 3.66. The van der Waals surface area contributed by atoms with Gasteiger partial charge in [-0.2, -0.15) is 0 Å². The highest BCUT2D eigenvalue weighted by atomic mass is 16.4. The lowest BCUT2D eigenvalue weighted by atomic mass is 9.96. The van der Waals surface area contributed by atoms with Gasteiger partial charge in [-0.15, -0.1) is 0 Å². The Morgan fingerprint density at radius 3 is 2.40 bits per heavy atom. The first kappa shape index (κ1) is 14.2. The van der Waals surface area contributed by atoms with Gasteiger partial charge in [-0.05, 0) is 32.1 Å². The largest absolute Gasteiger partial charge is 0.481 e. The van der Waals surface area contributed by atoms with Gasteiger partial charge in [-0.1, -0.05) is 38.8 Å². The molecular weight excluding hydrogens is 188 g/mol. The van der Waals surface area contributed by atoms with Gasteiger partial charge in [0.15, 0.2) is 0 Å². The molecule has 0 bridgehead atoms. The van der Waals surface area contributed by atoms with Crippen molar-refractivity contribution in [2.45, 2.75) is 58.8 Å². The molecule has 1 N–H and O–H groups in total. The maximum atomic E-state index is 10.9. The van der Waals surface area contributed by atoms with Crippen molar-refractivity contribution in [1.29, 1.82) is 0 Å². The Bertz CT molecular complexity index is 185. The first-order valence-corrected chi connectivity index (χ1v) is 6.10. The Hall–Kier alpha value is -0.790. The molecular formula is C13H24O2. The van der Waals surface area contributed by atoms with Crippen LogP contribution in [0.2, 0.25) is 0 Å². The van der Waals surface area contributed by atoms with Crippen molar-refractivity contribution < 1.29 is 9.90 Å². The summed E-state index contributed by atoms with van der Waals surface area (Å²) in [6.07, 6.45) is 11.1. The van der Waals surface area contributed by atoms with E-state index in [-0.39, 0.29) is 5.92 Å². The van der Waals surface area contributed by atoms with Crippen LogP contribution in [0, 0.1) is 5.92 Å². The van der Waals surface area contributed by atoms with Gasteiger partial charge in [0.25, 0.3) is 0 Å². The smallest absolute Gasteiger partial charge is 0.306 e. The zero-order chi connectivity index (χ0) is 11.5. The van der Waals surface area contributed by atoms with Gasteiger partial charge < -0.3 is 5.11 Å². The van der Waals surface area contributed by atoms with Crippen molar-refractivity contribution in [2.75, 3.05) is 0 Å². The summed E-state index contributed by atoms with van der Waals surface area (Å²) in [5, 5.41) is 8.98. The van der Waals surface area contributed by atoms with Crippen LogP contribution in [0.1, 0.15) is 58.8 Å². The minimum atomic E-state index is -0.622. The Labute approximate surface area is 93.4 Å². The molecule has 0 saturated heterocycles. The van der Waals surface area contributed by atoms with Gasteiger partial charge >= 0.3 is 5.97 Å². The fourth-order valence-corrected chi connectivity index (χ4v) is 1.61. The number of aliphatic carboxylic acids is 1. The predicted molar refractivity (Wildman–Crippen MR) is 63.9 cm³/mol. The highest BCUT2D eigenvalue weighted by molar-refractivity contribution is 5.69. The van der Waals surface area contributed by atoms with E-state index in [0.29, 0.717) is 0 Å². The molecule has 0 rings (SSSR count). The summed E-state index contributed by atoms with van der Waals surface area (Å²) in [6.45, 7) is 4.21. The van der Waals surface area contributed by atoms with E-state index >= 15 is 0 Å². The minimum Gasteiger partial charge on any atom is -0.481 e. The topological polar surface area (TPSA) is 37.3 Å². The van der Waals surface area contributed by atoms with Crippen LogP contribution >= 0.6 is 0 Å². The number of allylic oxidation sites excluding steroid dienone is 2. The number of hydrogen-bond donors (Lipinski definition) is 1. The van der Waals surface area contributed by atoms with Crippen molar-refractivity contribution >= 4 is 5.97 Å². The van der Waals surface area contributed by atoms with Crippen LogP contribution in [0.3, 0.4) is 0 Å². The van der Waals surface area contributed by atoms with Crippen molar-refractivity contribution in [3.63, 3.8) is 0 Å². The molecule has 1 unspecified atom stereocenters. The van der Waals surface area contributed by atoms with E-state index < -0.39 is 5.97 Å². The number of rotatable bonds is 9. The molecule has 88 valence electrons. The van der Waals surface area contributed by atoms with Crippen LogP contribution < -0.4 is 0 Å². The summed E-state index contributed by atoms with van der Waals surface area (Å²) in [5.74, 6) is -0.747. The minimum absolute atomic E-state index is 0.125. The summed E-state index contributed by atoms with van der Waals surface area (Å²) in [7, 11) is 0. The zero-order valence-corrected chi connectivity index (χ0v) is 10.0. The quantitative estimate of drug-likeness (QED) is 0.463. The second kappa shape index (κ2) is 9.75. The number of hydrogen-bond acceptors (Lipinski definition) is 1. The van der Waals surface area contributed by atoms with Gasteiger partial charge in [0.1, 0.15) is 0 Å². The van der Waals surface area contributed by atoms with Crippen LogP contribution in [-0.4, -0.2) is 11.1 Å². The lowest BCUT2D eigenvalue weighted by Gasteiger charge is -2.10. The molecule has 0 aliphatic carbocycles. The molecule has 2 nitrogen and oxygen atoms in total. The molecule has 0 aliphatic rings. The Morgan fingerprint density at radius 1 is 1.20 bits per heavy atom.